The lowest BCUT2D eigenvalue weighted by atomic mass is 9.87. The fraction of sp³-hybridized carbons (Fsp3) is 0.294. The van der Waals surface area contributed by atoms with Crippen LogP contribution < -0.4 is 5.32 Å². The van der Waals surface area contributed by atoms with Gasteiger partial charge in [-0.25, -0.2) is 0 Å². The first kappa shape index (κ1) is 15.5. The number of aromatic nitrogens is 1. The Morgan fingerprint density at radius 1 is 1.19 bits per heavy atom. The van der Waals surface area contributed by atoms with E-state index in [0.717, 1.165) is 11.3 Å². The molecule has 0 aliphatic rings. The fourth-order valence-electron chi connectivity index (χ4n) is 2.30. The van der Waals surface area contributed by atoms with E-state index >= 15 is 0 Å². The molecule has 1 amide bonds. The van der Waals surface area contributed by atoms with E-state index in [1.54, 1.807) is 6.20 Å². The second-order valence-corrected chi connectivity index (χ2v) is 5.75. The van der Waals surface area contributed by atoms with Crippen LogP contribution in [0.3, 0.4) is 0 Å². The van der Waals surface area contributed by atoms with Crippen molar-refractivity contribution in [3.63, 3.8) is 0 Å². The molecular formula is C17H19ClN2O. The van der Waals surface area contributed by atoms with Crippen molar-refractivity contribution in [3.05, 3.63) is 64.9 Å². The number of nitrogens with zero attached hydrogens (tertiary/aromatic N) is 1. The molecule has 0 aliphatic carbocycles. The zero-order chi connectivity index (χ0) is 15.2. The SMILES string of the molecule is CC(C)C(C(=O)NCc1ccccn1)c1ccc(Cl)cc1. The fourth-order valence-corrected chi connectivity index (χ4v) is 2.43. The second kappa shape index (κ2) is 7.23. The van der Waals surface area contributed by atoms with Crippen LogP contribution >= 0.6 is 11.6 Å². The van der Waals surface area contributed by atoms with Crippen molar-refractivity contribution < 1.29 is 4.79 Å². The molecule has 1 heterocycles. The minimum atomic E-state index is -0.189. The standard InChI is InChI=1S/C17H19ClN2O/c1-12(2)16(13-6-8-14(18)9-7-13)17(21)20-11-15-5-3-4-10-19-15/h3-10,12,16H,11H2,1-2H3,(H,20,21). The Hall–Kier alpha value is -1.87. The molecule has 2 rings (SSSR count). The highest BCUT2D eigenvalue weighted by molar-refractivity contribution is 6.30. The van der Waals surface area contributed by atoms with Gasteiger partial charge in [0.2, 0.25) is 5.91 Å². The summed E-state index contributed by atoms with van der Waals surface area (Å²) in [5.41, 5.74) is 1.83. The predicted octanol–water partition coefficient (Wildman–Crippen LogP) is 3.79. The quantitative estimate of drug-likeness (QED) is 0.913. The number of carbonyl (C=O) groups excluding carboxylic acids is 1. The summed E-state index contributed by atoms with van der Waals surface area (Å²) in [5, 5.41) is 3.64. The molecule has 1 N–H and O–H groups in total. The Morgan fingerprint density at radius 2 is 1.90 bits per heavy atom. The lowest BCUT2D eigenvalue weighted by Crippen LogP contribution is -2.31. The van der Waals surface area contributed by atoms with E-state index in [9.17, 15) is 4.79 Å². The molecule has 21 heavy (non-hydrogen) atoms. The van der Waals surface area contributed by atoms with Gasteiger partial charge in [-0.3, -0.25) is 9.78 Å². The molecule has 0 fully saturated rings. The zero-order valence-electron chi connectivity index (χ0n) is 12.2. The number of hydrogen-bond acceptors (Lipinski definition) is 2. The van der Waals surface area contributed by atoms with Crippen LogP contribution in [0.4, 0.5) is 0 Å². The zero-order valence-corrected chi connectivity index (χ0v) is 13.0. The first-order valence-corrected chi connectivity index (χ1v) is 7.39. The minimum Gasteiger partial charge on any atom is -0.350 e. The van der Waals surface area contributed by atoms with Gasteiger partial charge in [-0.1, -0.05) is 43.6 Å². The van der Waals surface area contributed by atoms with E-state index in [0.29, 0.717) is 11.6 Å². The van der Waals surface area contributed by atoms with Crippen molar-refractivity contribution in [3.8, 4) is 0 Å². The maximum atomic E-state index is 12.5. The van der Waals surface area contributed by atoms with Crippen molar-refractivity contribution in [2.45, 2.75) is 26.3 Å². The summed E-state index contributed by atoms with van der Waals surface area (Å²) >= 11 is 5.91. The van der Waals surface area contributed by atoms with Gasteiger partial charge in [0.1, 0.15) is 0 Å². The van der Waals surface area contributed by atoms with Crippen molar-refractivity contribution in [1.82, 2.24) is 10.3 Å². The summed E-state index contributed by atoms with van der Waals surface area (Å²) in [6.45, 7) is 4.52. The van der Waals surface area contributed by atoms with E-state index in [4.69, 9.17) is 11.6 Å². The van der Waals surface area contributed by atoms with Gasteiger partial charge in [0, 0.05) is 11.2 Å². The topological polar surface area (TPSA) is 42.0 Å². The Bertz CT molecular complexity index is 581. The summed E-state index contributed by atoms with van der Waals surface area (Å²) in [7, 11) is 0. The average molecular weight is 303 g/mol. The lowest BCUT2D eigenvalue weighted by Gasteiger charge is -2.20. The van der Waals surface area contributed by atoms with Gasteiger partial charge in [-0.15, -0.1) is 0 Å². The van der Waals surface area contributed by atoms with Crippen LogP contribution in [-0.4, -0.2) is 10.9 Å². The lowest BCUT2D eigenvalue weighted by molar-refractivity contribution is -0.123. The highest BCUT2D eigenvalue weighted by Crippen LogP contribution is 2.26. The number of benzene rings is 1. The first-order valence-electron chi connectivity index (χ1n) is 7.01. The number of nitrogens with one attached hydrogen (secondary N) is 1. The number of pyridine rings is 1. The van der Waals surface area contributed by atoms with E-state index < -0.39 is 0 Å². The van der Waals surface area contributed by atoms with Gasteiger partial charge < -0.3 is 5.32 Å². The third kappa shape index (κ3) is 4.30. The van der Waals surface area contributed by atoms with Crippen LogP contribution in [0.1, 0.15) is 31.0 Å². The normalized spacial score (nSPS) is 12.2. The third-order valence-corrected chi connectivity index (χ3v) is 3.60. The van der Waals surface area contributed by atoms with Crippen molar-refractivity contribution in [2.24, 2.45) is 5.92 Å². The Balaban J connectivity index is 2.07. The molecule has 3 nitrogen and oxygen atoms in total. The van der Waals surface area contributed by atoms with Crippen molar-refractivity contribution >= 4 is 17.5 Å². The van der Waals surface area contributed by atoms with E-state index in [-0.39, 0.29) is 17.7 Å². The molecule has 1 aromatic heterocycles. The molecule has 2 aromatic rings. The molecular weight excluding hydrogens is 284 g/mol. The molecule has 0 spiro atoms. The molecule has 0 radical (unpaired) electrons. The molecule has 1 atom stereocenters. The molecule has 1 aromatic carbocycles. The summed E-state index contributed by atoms with van der Waals surface area (Å²) in [6, 6.07) is 13.1. The highest BCUT2D eigenvalue weighted by atomic mass is 35.5. The van der Waals surface area contributed by atoms with Crippen LogP contribution in [-0.2, 0) is 11.3 Å². The second-order valence-electron chi connectivity index (χ2n) is 5.31. The van der Waals surface area contributed by atoms with Gasteiger partial charge in [0.25, 0.3) is 0 Å². The maximum absolute atomic E-state index is 12.5. The van der Waals surface area contributed by atoms with Gasteiger partial charge >= 0.3 is 0 Å². The van der Waals surface area contributed by atoms with Gasteiger partial charge in [0.05, 0.1) is 18.2 Å². The maximum Gasteiger partial charge on any atom is 0.228 e. The van der Waals surface area contributed by atoms with Crippen LogP contribution in [0.5, 0.6) is 0 Å². The highest BCUT2D eigenvalue weighted by Gasteiger charge is 2.23. The smallest absolute Gasteiger partial charge is 0.228 e. The molecule has 1 unspecified atom stereocenters. The Morgan fingerprint density at radius 3 is 2.48 bits per heavy atom. The van der Waals surface area contributed by atoms with Crippen LogP contribution in [0.25, 0.3) is 0 Å². The molecule has 4 heteroatoms. The Kier molecular flexibility index (Phi) is 5.34. The van der Waals surface area contributed by atoms with Crippen LogP contribution in [0, 0.1) is 5.92 Å². The molecule has 0 bridgehead atoms. The van der Waals surface area contributed by atoms with E-state index in [1.165, 1.54) is 0 Å². The molecule has 0 saturated carbocycles. The number of halogens is 1. The van der Waals surface area contributed by atoms with Crippen molar-refractivity contribution in [1.29, 1.82) is 0 Å². The van der Waals surface area contributed by atoms with E-state index in [1.807, 2.05) is 56.3 Å². The summed E-state index contributed by atoms with van der Waals surface area (Å²) in [4.78, 5) is 16.7. The molecule has 110 valence electrons. The number of rotatable bonds is 5. The van der Waals surface area contributed by atoms with Gasteiger partial charge in [0.15, 0.2) is 0 Å². The van der Waals surface area contributed by atoms with Crippen molar-refractivity contribution in [2.75, 3.05) is 0 Å². The molecule has 0 saturated heterocycles. The largest absolute Gasteiger partial charge is 0.350 e. The number of hydrogen-bond donors (Lipinski definition) is 1. The molecule has 0 aliphatic heterocycles. The number of carbonyl (C=O) groups is 1. The van der Waals surface area contributed by atoms with Crippen LogP contribution in [0.2, 0.25) is 5.02 Å². The summed E-state index contributed by atoms with van der Waals surface area (Å²) in [5.74, 6) is 0.0267. The Labute approximate surface area is 130 Å². The van der Waals surface area contributed by atoms with Crippen LogP contribution in [0.15, 0.2) is 48.7 Å². The predicted molar refractivity (Wildman–Crippen MR) is 85.1 cm³/mol. The average Bonchev–Trinajstić information content (AvgIpc) is 2.48. The van der Waals surface area contributed by atoms with Gasteiger partial charge in [-0.2, -0.15) is 0 Å². The first-order chi connectivity index (χ1) is 10.1. The summed E-state index contributed by atoms with van der Waals surface area (Å²) < 4.78 is 0. The number of amides is 1. The third-order valence-electron chi connectivity index (χ3n) is 3.35. The van der Waals surface area contributed by atoms with Gasteiger partial charge in [-0.05, 0) is 35.7 Å². The minimum absolute atomic E-state index is 0.0120. The summed E-state index contributed by atoms with van der Waals surface area (Å²) in [6.07, 6.45) is 1.72. The monoisotopic (exact) mass is 302 g/mol. The van der Waals surface area contributed by atoms with E-state index in [2.05, 4.69) is 10.3 Å².